The third-order valence-corrected chi connectivity index (χ3v) is 3.80. The van der Waals surface area contributed by atoms with Crippen molar-refractivity contribution >= 4 is 33.2 Å². The number of aliphatic carboxylic acids is 1. The minimum absolute atomic E-state index is 0.0139. The van der Waals surface area contributed by atoms with Crippen LogP contribution in [0.1, 0.15) is 10.6 Å². The minimum atomic E-state index is -0.841. The van der Waals surface area contributed by atoms with Gasteiger partial charge in [-0.3, -0.25) is 9.78 Å². The maximum absolute atomic E-state index is 10.7. The molecule has 88 valence electrons. The molecule has 0 saturated carbocycles. The Morgan fingerprint density at radius 2 is 2.29 bits per heavy atom. The zero-order valence-electron chi connectivity index (χ0n) is 8.98. The first-order valence-corrected chi connectivity index (χ1v) is 6.47. The van der Waals surface area contributed by atoms with Crippen LogP contribution in [0.5, 0.6) is 0 Å². The highest BCUT2D eigenvalue weighted by atomic mass is 79.9. The van der Waals surface area contributed by atoms with Gasteiger partial charge in [-0.05, 0) is 35.0 Å². The van der Waals surface area contributed by atoms with Crippen LogP contribution in [0.2, 0.25) is 0 Å². The zero-order chi connectivity index (χ0) is 12.4. The Labute approximate surface area is 110 Å². The van der Waals surface area contributed by atoms with Crippen LogP contribution in [-0.4, -0.2) is 21.0 Å². The summed E-state index contributed by atoms with van der Waals surface area (Å²) in [7, 11) is 0. The summed E-state index contributed by atoms with van der Waals surface area (Å²) < 4.78 is 0.903. The quantitative estimate of drug-likeness (QED) is 0.946. The molecule has 0 atom stereocenters. The Kier molecular flexibility index (Phi) is 3.54. The zero-order valence-corrected chi connectivity index (χ0v) is 11.4. The molecule has 0 bridgehead atoms. The predicted molar refractivity (Wildman–Crippen MR) is 69.1 cm³/mol. The highest BCUT2D eigenvalue weighted by Gasteiger charge is 2.12. The van der Waals surface area contributed by atoms with Crippen LogP contribution in [0.15, 0.2) is 22.8 Å². The summed E-state index contributed by atoms with van der Waals surface area (Å²) in [5.41, 5.74) is 1.52. The van der Waals surface area contributed by atoms with Gasteiger partial charge >= 0.3 is 5.97 Å². The van der Waals surface area contributed by atoms with Crippen molar-refractivity contribution in [3.05, 3.63) is 33.4 Å². The van der Waals surface area contributed by atoms with Crippen LogP contribution in [0, 0.1) is 6.92 Å². The molecule has 0 aliphatic carbocycles. The smallest absolute Gasteiger partial charge is 0.308 e. The fourth-order valence-corrected chi connectivity index (χ4v) is 2.61. The molecule has 0 fully saturated rings. The molecule has 2 aromatic rings. The Bertz CT molecular complexity index is 551. The van der Waals surface area contributed by atoms with E-state index >= 15 is 0 Å². The van der Waals surface area contributed by atoms with Gasteiger partial charge in [0.15, 0.2) is 0 Å². The Morgan fingerprint density at radius 3 is 2.88 bits per heavy atom. The van der Waals surface area contributed by atoms with Crippen molar-refractivity contribution in [1.82, 2.24) is 9.97 Å². The van der Waals surface area contributed by atoms with E-state index in [2.05, 4.69) is 25.9 Å². The lowest BCUT2D eigenvalue weighted by Gasteiger charge is -1.94. The molecule has 4 nitrogen and oxygen atoms in total. The molecule has 6 heteroatoms. The average molecular weight is 313 g/mol. The van der Waals surface area contributed by atoms with Crippen molar-refractivity contribution < 1.29 is 9.90 Å². The van der Waals surface area contributed by atoms with Gasteiger partial charge in [0, 0.05) is 15.5 Å². The number of thiazole rings is 1. The molecule has 2 heterocycles. The first-order chi connectivity index (χ1) is 8.06. The van der Waals surface area contributed by atoms with Crippen LogP contribution < -0.4 is 0 Å². The molecule has 0 spiro atoms. The fourth-order valence-electron chi connectivity index (χ4n) is 1.34. The van der Waals surface area contributed by atoms with Gasteiger partial charge in [-0.2, -0.15) is 0 Å². The van der Waals surface area contributed by atoms with E-state index in [0.717, 1.165) is 25.7 Å². The van der Waals surface area contributed by atoms with E-state index in [9.17, 15) is 4.79 Å². The van der Waals surface area contributed by atoms with Crippen molar-refractivity contribution in [2.24, 2.45) is 0 Å². The van der Waals surface area contributed by atoms with E-state index in [4.69, 9.17) is 5.11 Å². The molecule has 0 unspecified atom stereocenters. The van der Waals surface area contributed by atoms with E-state index in [1.807, 2.05) is 19.1 Å². The van der Waals surface area contributed by atoms with Gasteiger partial charge in [0.2, 0.25) is 0 Å². The third kappa shape index (κ3) is 2.89. The molecule has 0 aliphatic heterocycles. The SMILES string of the molecule is Cc1nc(-c2ccc(Br)cn2)sc1CC(=O)O. The average Bonchev–Trinajstić information content (AvgIpc) is 2.60. The van der Waals surface area contributed by atoms with E-state index in [1.54, 1.807) is 6.20 Å². The second-order valence-corrected chi connectivity index (χ2v) is 5.46. The number of carboxylic acids is 1. The molecule has 2 rings (SSSR count). The number of aromatic nitrogens is 2. The van der Waals surface area contributed by atoms with Gasteiger partial charge in [0.1, 0.15) is 5.01 Å². The number of rotatable bonds is 3. The first kappa shape index (κ1) is 12.2. The molecule has 0 radical (unpaired) electrons. The monoisotopic (exact) mass is 312 g/mol. The number of hydrogen-bond donors (Lipinski definition) is 1. The summed E-state index contributed by atoms with van der Waals surface area (Å²) in [5.74, 6) is -0.841. The van der Waals surface area contributed by atoms with Crippen molar-refractivity contribution in [3.8, 4) is 10.7 Å². The lowest BCUT2D eigenvalue weighted by atomic mass is 10.3. The van der Waals surface area contributed by atoms with Crippen LogP contribution in [0.25, 0.3) is 10.7 Å². The largest absolute Gasteiger partial charge is 0.481 e. The molecular formula is C11H9BrN2O2S. The van der Waals surface area contributed by atoms with Gasteiger partial charge in [-0.25, -0.2) is 4.98 Å². The second kappa shape index (κ2) is 4.93. The fraction of sp³-hybridized carbons (Fsp3) is 0.182. The lowest BCUT2D eigenvalue weighted by Crippen LogP contribution is -1.99. The summed E-state index contributed by atoms with van der Waals surface area (Å²) in [6, 6.07) is 3.74. The summed E-state index contributed by atoms with van der Waals surface area (Å²) in [5, 5.41) is 9.52. The predicted octanol–water partition coefficient (Wildman–Crippen LogP) is 2.90. The van der Waals surface area contributed by atoms with Crippen molar-refractivity contribution in [3.63, 3.8) is 0 Å². The van der Waals surface area contributed by atoms with Gasteiger partial charge in [0.25, 0.3) is 0 Å². The van der Waals surface area contributed by atoms with Crippen LogP contribution in [0.4, 0.5) is 0 Å². The summed E-state index contributed by atoms with van der Waals surface area (Å²) in [6.07, 6.45) is 1.71. The summed E-state index contributed by atoms with van der Waals surface area (Å²) in [4.78, 5) is 20.0. The van der Waals surface area contributed by atoms with E-state index in [-0.39, 0.29) is 6.42 Å². The highest BCUT2D eigenvalue weighted by Crippen LogP contribution is 2.27. The second-order valence-electron chi connectivity index (χ2n) is 3.46. The normalized spacial score (nSPS) is 10.5. The van der Waals surface area contributed by atoms with Crippen molar-refractivity contribution in [1.29, 1.82) is 0 Å². The molecular weight excluding hydrogens is 304 g/mol. The lowest BCUT2D eigenvalue weighted by molar-refractivity contribution is -0.136. The minimum Gasteiger partial charge on any atom is -0.481 e. The third-order valence-electron chi connectivity index (χ3n) is 2.15. The van der Waals surface area contributed by atoms with Gasteiger partial charge < -0.3 is 5.11 Å². The molecule has 0 aliphatic rings. The molecule has 0 aromatic carbocycles. The number of pyridine rings is 1. The molecule has 17 heavy (non-hydrogen) atoms. The summed E-state index contributed by atoms with van der Waals surface area (Å²) >= 11 is 4.69. The van der Waals surface area contributed by atoms with Crippen LogP contribution >= 0.6 is 27.3 Å². The van der Waals surface area contributed by atoms with E-state index < -0.39 is 5.97 Å². The summed E-state index contributed by atoms with van der Waals surface area (Å²) in [6.45, 7) is 1.82. The molecule has 2 aromatic heterocycles. The van der Waals surface area contributed by atoms with Gasteiger partial charge in [-0.1, -0.05) is 0 Å². The van der Waals surface area contributed by atoms with Gasteiger partial charge in [-0.15, -0.1) is 11.3 Å². The number of carbonyl (C=O) groups is 1. The Hall–Kier alpha value is -1.27. The standard InChI is InChI=1S/C11H9BrN2O2S/c1-6-9(4-10(15)16)17-11(14-6)8-3-2-7(12)5-13-8/h2-3,5H,4H2,1H3,(H,15,16). The number of nitrogens with zero attached hydrogens (tertiary/aromatic N) is 2. The maximum Gasteiger partial charge on any atom is 0.308 e. The molecule has 1 N–H and O–H groups in total. The topological polar surface area (TPSA) is 63.1 Å². The van der Waals surface area contributed by atoms with Crippen LogP contribution in [0.3, 0.4) is 0 Å². The number of aryl methyl sites for hydroxylation is 1. The Morgan fingerprint density at radius 1 is 1.53 bits per heavy atom. The maximum atomic E-state index is 10.7. The van der Waals surface area contributed by atoms with Gasteiger partial charge in [0.05, 0.1) is 17.8 Å². The highest BCUT2D eigenvalue weighted by molar-refractivity contribution is 9.10. The Balaban J connectivity index is 2.34. The van der Waals surface area contributed by atoms with E-state index in [0.29, 0.717) is 0 Å². The van der Waals surface area contributed by atoms with Crippen molar-refractivity contribution in [2.45, 2.75) is 13.3 Å². The molecule has 0 saturated heterocycles. The van der Waals surface area contributed by atoms with E-state index in [1.165, 1.54) is 11.3 Å². The molecule has 0 amide bonds. The number of halogens is 1. The van der Waals surface area contributed by atoms with Crippen molar-refractivity contribution in [2.75, 3.05) is 0 Å². The first-order valence-electron chi connectivity index (χ1n) is 4.86. The number of carboxylic acid groups (broad SMARTS) is 1. The number of hydrogen-bond acceptors (Lipinski definition) is 4. The van der Waals surface area contributed by atoms with Crippen LogP contribution in [-0.2, 0) is 11.2 Å².